The zero-order valence-corrected chi connectivity index (χ0v) is 16.0. The van der Waals surface area contributed by atoms with Crippen molar-refractivity contribution in [1.82, 2.24) is 15.0 Å². The molecule has 0 N–H and O–H groups in total. The van der Waals surface area contributed by atoms with Gasteiger partial charge in [-0.1, -0.05) is 5.21 Å². The molecule has 0 aliphatic heterocycles. The average molecular weight is 389 g/mol. The molecule has 7 heteroatoms. The van der Waals surface area contributed by atoms with Gasteiger partial charge in [-0.2, -0.15) is 0 Å². The van der Waals surface area contributed by atoms with Gasteiger partial charge in [-0.3, -0.25) is 0 Å². The van der Waals surface area contributed by atoms with E-state index in [1.165, 1.54) is 17.2 Å². The third-order valence-corrected chi connectivity index (χ3v) is 5.45. The summed E-state index contributed by atoms with van der Waals surface area (Å²) in [5.41, 5.74) is 5.14. The number of ether oxygens (including phenoxy) is 1. The highest BCUT2D eigenvalue weighted by atomic mass is 16.5. The number of rotatable bonds is 4. The highest BCUT2D eigenvalue weighted by Gasteiger charge is 2.17. The van der Waals surface area contributed by atoms with Crippen LogP contribution in [0.1, 0.15) is 40.4 Å². The van der Waals surface area contributed by atoms with Gasteiger partial charge in [0, 0.05) is 23.6 Å². The van der Waals surface area contributed by atoms with Crippen LogP contribution in [0.5, 0.6) is 0 Å². The molecule has 4 aromatic rings. The molecule has 0 saturated heterocycles. The maximum absolute atomic E-state index is 12.6. The van der Waals surface area contributed by atoms with Gasteiger partial charge in [0.2, 0.25) is 0 Å². The molecule has 2 aromatic carbocycles. The number of hydrogen-bond acceptors (Lipinski definition) is 6. The molecule has 1 aliphatic carbocycles. The number of aromatic nitrogens is 3. The smallest absolute Gasteiger partial charge is 0.338 e. The predicted octanol–water partition coefficient (Wildman–Crippen LogP) is 3.40. The number of nitrogens with zero attached hydrogens (tertiary/aromatic N) is 3. The molecule has 0 bridgehead atoms. The second-order valence-electron chi connectivity index (χ2n) is 7.25. The van der Waals surface area contributed by atoms with Crippen LogP contribution in [0.25, 0.3) is 22.0 Å². The molecule has 0 amide bonds. The van der Waals surface area contributed by atoms with Crippen LogP contribution in [-0.4, -0.2) is 21.0 Å². The van der Waals surface area contributed by atoms with Crippen molar-refractivity contribution < 1.29 is 13.9 Å². The minimum Gasteiger partial charge on any atom is -0.457 e. The number of fused-ring (bicyclic) bond motifs is 3. The van der Waals surface area contributed by atoms with Crippen molar-refractivity contribution in [2.45, 2.75) is 39.3 Å². The Morgan fingerprint density at radius 1 is 1.17 bits per heavy atom. The van der Waals surface area contributed by atoms with Gasteiger partial charge in [0.25, 0.3) is 0 Å². The molecule has 29 heavy (non-hydrogen) atoms. The van der Waals surface area contributed by atoms with Crippen molar-refractivity contribution in [2.24, 2.45) is 0 Å². The second kappa shape index (κ2) is 6.84. The Morgan fingerprint density at radius 2 is 2.00 bits per heavy atom. The van der Waals surface area contributed by atoms with E-state index in [1.54, 1.807) is 16.8 Å². The Morgan fingerprint density at radius 3 is 2.83 bits per heavy atom. The minimum atomic E-state index is -0.472. The third kappa shape index (κ3) is 3.08. The van der Waals surface area contributed by atoms with Gasteiger partial charge in [-0.15, -0.1) is 5.10 Å². The molecule has 0 fully saturated rings. The van der Waals surface area contributed by atoms with Crippen LogP contribution in [0.4, 0.5) is 0 Å². The van der Waals surface area contributed by atoms with E-state index in [4.69, 9.17) is 9.15 Å². The lowest BCUT2D eigenvalue weighted by molar-refractivity contribution is 0.0474. The quantitative estimate of drug-likeness (QED) is 0.393. The van der Waals surface area contributed by atoms with E-state index in [9.17, 15) is 9.59 Å². The minimum absolute atomic E-state index is 0.000588. The van der Waals surface area contributed by atoms with E-state index in [-0.39, 0.29) is 6.61 Å². The Hall–Kier alpha value is -3.48. The summed E-state index contributed by atoms with van der Waals surface area (Å²) in [6.07, 6.45) is 3.12. The Bertz CT molecular complexity index is 1320. The van der Waals surface area contributed by atoms with E-state index in [1.807, 2.05) is 19.1 Å². The standard InChI is InChI=1S/C22H19N3O4/c1-2-25-19-7-6-15(9-18(19)23-24-25)22(27)28-12-16-11-21(26)29-20-10-14-5-3-4-13(14)8-17(16)20/h6-11H,2-5,12H2,1H3. The second-order valence-corrected chi connectivity index (χ2v) is 7.25. The van der Waals surface area contributed by atoms with E-state index in [2.05, 4.69) is 16.4 Å². The first-order valence-electron chi connectivity index (χ1n) is 9.71. The molecule has 5 rings (SSSR count). The van der Waals surface area contributed by atoms with Crippen LogP contribution < -0.4 is 5.63 Å². The molecule has 0 atom stereocenters. The van der Waals surface area contributed by atoms with Gasteiger partial charge < -0.3 is 9.15 Å². The van der Waals surface area contributed by atoms with Crippen LogP contribution in [0.3, 0.4) is 0 Å². The van der Waals surface area contributed by atoms with E-state index in [0.717, 1.165) is 30.2 Å². The first-order chi connectivity index (χ1) is 14.1. The van der Waals surface area contributed by atoms with Gasteiger partial charge in [0.1, 0.15) is 17.7 Å². The largest absolute Gasteiger partial charge is 0.457 e. The number of carbonyl (C=O) groups excluding carboxylic acids is 1. The molecular formula is C22H19N3O4. The molecular weight excluding hydrogens is 370 g/mol. The van der Waals surface area contributed by atoms with Crippen molar-refractivity contribution in [3.8, 4) is 0 Å². The highest BCUT2D eigenvalue weighted by Crippen LogP contribution is 2.29. The van der Waals surface area contributed by atoms with Gasteiger partial charge >= 0.3 is 11.6 Å². The molecule has 0 spiro atoms. The lowest BCUT2D eigenvalue weighted by atomic mass is 10.0. The number of aryl methyl sites for hydroxylation is 3. The fraction of sp³-hybridized carbons (Fsp3) is 0.273. The van der Waals surface area contributed by atoms with Crippen molar-refractivity contribution in [2.75, 3.05) is 0 Å². The Labute approximate surface area is 165 Å². The number of carbonyl (C=O) groups is 1. The molecule has 2 heterocycles. The van der Waals surface area contributed by atoms with E-state index < -0.39 is 11.6 Å². The lowest BCUT2D eigenvalue weighted by Gasteiger charge is -2.09. The SMILES string of the molecule is CCn1nnc2cc(C(=O)OCc3cc(=O)oc4cc5c(cc34)CCC5)ccc21. The lowest BCUT2D eigenvalue weighted by Crippen LogP contribution is -2.08. The molecule has 2 aromatic heterocycles. The van der Waals surface area contributed by atoms with Gasteiger partial charge in [0.15, 0.2) is 0 Å². The van der Waals surface area contributed by atoms with Crippen LogP contribution in [0.2, 0.25) is 0 Å². The zero-order valence-electron chi connectivity index (χ0n) is 16.0. The average Bonchev–Trinajstić information content (AvgIpc) is 3.35. The summed E-state index contributed by atoms with van der Waals surface area (Å²) in [4.78, 5) is 24.5. The summed E-state index contributed by atoms with van der Waals surface area (Å²) in [6.45, 7) is 2.68. The number of esters is 1. The zero-order chi connectivity index (χ0) is 20.0. The molecule has 0 unspecified atom stereocenters. The Balaban J connectivity index is 1.43. The van der Waals surface area contributed by atoms with Gasteiger partial charge in [-0.05, 0) is 67.6 Å². The molecule has 0 radical (unpaired) electrons. The summed E-state index contributed by atoms with van der Waals surface area (Å²) in [6, 6.07) is 10.6. The van der Waals surface area contributed by atoms with E-state index >= 15 is 0 Å². The molecule has 146 valence electrons. The number of benzene rings is 2. The summed E-state index contributed by atoms with van der Waals surface area (Å²) < 4.78 is 12.6. The maximum atomic E-state index is 12.6. The predicted molar refractivity (Wildman–Crippen MR) is 107 cm³/mol. The normalized spacial score (nSPS) is 13.1. The molecule has 0 saturated carbocycles. The van der Waals surface area contributed by atoms with Crippen molar-refractivity contribution in [3.63, 3.8) is 0 Å². The Kier molecular flexibility index (Phi) is 4.16. The number of hydrogen-bond donors (Lipinski definition) is 0. The molecule has 1 aliphatic rings. The fourth-order valence-electron chi connectivity index (χ4n) is 3.97. The first-order valence-corrected chi connectivity index (χ1v) is 9.71. The summed E-state index contributed by atoms with van der Waals surface area (Å²) in [7, 11) is 0. The van der Waals surface area contributed by atoms with Gasteiger partial charge in [-0.25, -0.2) is 14.3 Å². The highest BCUT2D eigenvalue weighted by molar-refractivity contribution is 5.93. The third-order valence-electron chi connectivity index (χ3n) is 5.45. The van der Waals surface area contributed by atoms with Crippen LogP contribution in [0, 0.1) is 0 Å². The maximum Gasteiger partial charge on any atom is 0.338 e. The van der Waals surface area contributed by atoms with Crippen LogP contribution in [-0.2, 0) is 30.7 Å². The monoisotopic (exact) mass is 389 g/mol. The molecule has 7 nitrogen and oxygen atoms in total. The van der Waals surface area contributed by atoms with Crippen molar-refractivity contribution in [1.29, 1.82) is 0 Å². The summed E-state index contributed by atoms with van der Waals surface area (Å²) >= 11 is 0. The fourth-order valence-corrected chi connectivity index (χ4v) is 3.97. The van der Waals surface area contributed by atoms with Crippen LogP contribution >= 0.6 is 0 Å². The van der Waals surface area contributed by atoms with Crippen molar-refractivity contribution in [3.05, 3.63) is 69.1 Å². The van der Waals surface area contributed by atoms with E-state index in [0.29, 0.717) is 28.8 Å². The topological polar surface area (TPSA) is 87.2 Å². The summed E-state index contributed by atoms with van der Waals surface area (Å²) in [5, 5.41) is 8.96. The summed E-state index contributed by atoms with van der Waals surface area (Å²) in [5.74, 6) is -0.472. The first kappa shape index (κ1) is 17.6. The van der Waals surface area contributed by atoms with Gasteiger partial charge in [0.05, 0.1) is 11.1 Å². The van der Waals surface area contributed by atoms with Crippen molar-refractivity contribution >= 4 is 28.0 Å². The van der Waals surface area contributed by atoms with Crippen LogP contribution in [0.15, 0.2) is 45.6 Å².